The minimum absolute atomic E-state index is 0.112. The van der Waals surface area contributed by atoms with Gasteiger partial charge in [-0.2, -0.15) is 5.26 Å². The average molecular weight is 432 g/mol. The third-order valence-corrected chi connectivity index (χ3v) is 6.93. The SMILES string of the molecule is CCN1CCN(c2c(/C=C3/SC(=S)N(CC)C3=O)c(C)c(C#N)c(=O)n2C)CC1. The predicted octanol–water partition coefficient (Wildman–Crippen LogP) is 1.93. The first-order valence-corrected chi connectivity index (χ1v) is 10.9. The molecule has 1 amide bonds. The summed E-state index contributed by atoms with van der Waals surface area (Å²) >= 11 is 6.59. The third-order valence-electron chi connectivity index (χ3n) is 5.55. The van der Waals surface area contributed by atoms with E-state index in [0.29, 0.717) is 21.3 Å². The molecule has 3 rings (SSSR count). The Hall–Kier alpha value is -2.15. The third kappa shape index (κ3) is 3.84. The van der Waals surface area contributed by atoms with Crippen LogP contribution >= 0.6 is 24.0 Å². The molecule has 0 atom stereocenters. The lowest BCUT2D eigenvalue weighted by Gasteiger charge is -2.37. The highest BCUT2D eigenvalue weighted by Gasteiger charge is 2.32. The highest BCUT2D eigenvalue weighted by Crippen LogP contribution is 2.35. The number of aromatic nitrogens is 1. The van der Waals surface area contributed by atoms with Crippen molar-refractivity contribution < 1.29 is 4.79 Å². The van der Waals surface area contributed by atoms with Crippen molar-refractivity contribution >= 4 is 46.1 Å². The summed E-state index contributed by atoms with van der Waals surface area (Å²) in [5.41, 5.74) is 1.15. The second kappa shape index (κ2) is 8.69. The van der Waals surface area contributed by atoms with Gasteiger partial charge in [0.25, 0.3) is 11.5 Å². The Labute approximate surface area is 180 Å². The lowest BCUT2D eigenvalue weighted by Crippen LogP contribution is -2.48. The molecule has 2 fully saturated rings. The normalized spacial score (nSPS) is 19.3. The molecular weight excluding hydrogens is 406 g/mol. The lowest BCUT2D eigenvalue weighted by molar-refractivity contribution is -0.121. The van der Waals surface area contributed by atoms with Gasteiger partial charge in [-0.15, -0.1) is 0 Å². The second-order valence-electron chi connectivity index (χ2n) is 7.06. The predicted molar refractivity (Wildman–Crippen MR) is 121 cm³/mol. The first-order valence-electron chi connectivity index (χ1n) is 9.70. The number of rotatable bonds is 4. The average Bonchev–Trinajstić information content (AvgIpc) is 2.99. The van der Waals surface area contributed by atoms with E-state index in [1.165, 1.54) is 11.8 Å². The van der Waals surface area contributed by atoms with Gasteiger partial charge in [0.1, 0.15) is 21.8 Å². The smallest absolute Gasteiger partial charge is 0.270 e. The van der Waals surface area contributed by atoms with E-state index in [0.717, 1.165) is 44.1 Å². The first kappa shape index (κ1) is 21.6. The summed E-state index contributed by atoms with van der Waals surface area (Å²) in [6.07, 6.45) is 1.80. The summed E-state index contributed by atoms with van der Waals surface area (Å²) in [4.78, 5) is 32.1. The maximum absolute atomic E-state index is 12.8. The molecule has 0 radical (unpaired) electrons. The number of thiocarbonyl (C=S) groups is 1. The van der Waals surface area contributed by atoms with Crippen molar-refractivity contribution in [3.63, 3.8) is 0 Å². The van der Waals surface area contributed by atoms with Gasteiger partial charge in [-0.05, 0) is 32.0 Å². The Kier molecular flexibility index (Phi) is 6.46. The molecule has 1 aromatic heterocycles. The van der Waals surface area contributed by atoms with E-state index in [1.807, 2.05) is 13.0 Å². The largest absolute Gasteiger partial charge is 0.355 e. The van der Waals surface area contributed by atoms with Crippen LogP contribution in [0.3, 0.4) is 0 Å². The van der Waals surface area contributed by atoms with Crippen LogP contribution in [0.15, 0.2) is 9.70 Å². The van der Waals surface area contributed by atoms with Crippen molar-refractivity contribution in [2.75, 3.05) is 44.2 Å². The molecule has 0 aromatic carbocycles. The summed E-state index contributed by atoms with van der Waals surface area (Å²) < 4.78 is 2.07. The number of thioether (sulfide) groups is 1. The first-order chi connectivity index (χ1) is 13.8. The Morgan fingerprint density at radius 2 is 1.83 bits per heavy atom. The topological polar surface area (TPSA) is 72.6 Å². The standard InChI is InChI=1S/C20H25N5O2S2/c1-5-23-7-9-24(10-8-23)17-14(13(3)15(12-21)18(26)22(17)4)11-16-19(27)25(6-2)20(28)29-16/h11H,5-10H2,1-4H3/b16-11+. The number of amides is 1. The molecule has 2 saturated heterocycles. The van der Waals surface area contributed by atoms with Gasteiger partial charge in [0.15, 0.2) is 0 Å². The summed E-state index contributed by atoms with van der Waals surface area (Å²) in [5.74, 6) is 0.625. The van der Waals surface area contributed by atoms with Crippen molar-refractivity contribution in [3.8, 4) is 6.07 Å². The molecule has 0 bridgehead atoms. The van der Waals surface area contributed by atoms with Crippen LogP contribution in [0.1, 0.15) is 30.5 Å². The van der Waals surface area contributed by atoms with Crippen molar-refractivity contribution in [3.05, 3.63) is 31.9 Å². The monoisotopic (exact) mass is 431 g/mol. The van der Waals surface area contributed by atoms with Crippen molar-refractivity contribution in [2.45, 2.75) is 20.8 Å². The Morgan fingerprint density at radius 3 is 2.34 bits per heavy atom. The number of nitrogens with zero attached hydrogens (tertiary/aromatic N) is 5. The van der Waals surface area contributed by atoms with Gasteiger partial charge < -0.3 is 9.80 Å². The second-order valence-corrected chi connectivity index (χ2v) is 8.74. The molecule has 2 aliphatic rings. The molecule has 2 aliphatic heterocycles. The molecule has 0 aliphatic carbocycles. The number of pyridine rings is 1. The van der Waals surface area contributed by atoms with Gasteiger partial charge in [0, 0.05) is 45.3 Å². The Bertz CT molecular complexity index is 984. The fourth-order valence-electron chi connectivity index (χ4n) is 3.77. The number of likely N-dealkylation sites (N-methyl/N-ethyl adjacent to an activating group) is 2. The van der Waals surface area contributed by atoms with Crippen LogP contribution < -0.4 is 10.5 Å². The van der Waals surface area contributed by atoms with Crippen LogP contribution in [0.2, 0.25) is 0 Å². The van der Waals surface area contributed by atoms with Crippen LogP contribution in [0.5, 0.6) is 0 Å². The molecule has 9 heteroatoms. The fraction of sp³-hybridized carbons (Fsp3) is 0.500. The summed E-state index contributed by atoms with van der Waals surface area (Å²) in [7, 11) is 1.69. The lowest BCUT2D eigenvalue weighted by atomic mass is 10.0. The van der Waals surface area contributed by atoms with Gasteiger partial charge in [-0.1, -0.05) is 30.9 Å². The Morgan fingerprint density at radius 1 is 1.17 bits per heavy atom. The number of hydrogen-bond acceptors (Lipinski definition) is 7. The molecule has 3 heterocycles. The van der Waals surface area contributed by atoms with Crippen LogP contribution in [-0.2, 0) is 11.8 Å². The van der Waals surface area contributed by atoms with Gasteiger partial charge >= 0.3 is 0 Å². The van der Waals surface area contributed by atoms with Crippen molar-refractivity contribution in [1.29, 1.82) is 5.26 Å². The highest BCUT2D eigenvalue weighted by atomic mass is 32.2. The van der Waals surface area contributed by atoms with Crippen LogP contribution in [0.4, 0.5) is 5.82 Å². The summed E-state index contributed by atoms with van der Waals surface area (Å²) in [6.45, 7) is 10.7. The van der Waals surface area contributed by atoms with E-state index in [1.54, 1.807) is 29.5 Å². The number of anilines is 1. The molecule has 1 aromatic rings. The van der Waals surface area contributed by atoms with Gasteiger partial charge in [-0.25, -0.2) is 0 Å². The van der Waals surface area contributed by atoms with Crippen LogP contribution in [-0.4, -0.2) is 63.9 Å². The zero-order valence-electron chi connectivity index (χ0n) is 17.2. The molecule has 29 heavy (non-hydrogen) atoms. The molecule has 0 N–H and O–H groups in total. The van der Waals surface area contributed by atoms with Crippen molar-refractivity contribution in [1.82, 2.24) is 14.4 Å². The van der Waals surface area contributed by atoms with Crippen molar-refractivity contribution in [2.24, 2.45) is 7.05 Å². The van der Waals surface area contributed by atoms with Crippen LogP contribution in [0, 0.1) is 18.3 Å². The van der Waals surface area contributed by atoms with E-state index >= 15 is 0 Å². The maximum Gasteiger partial charge on any atom is 0.270 e. The minimum atomic E-state index is -0.309. The zero-order chi connectivity index (χ0) is 21.3. The molecule has 0 spiro atoms. The molecule has 0 saturated carbocycles. The Balaban J connectivity index is 2.15. The van der Waals surface area contributed by atoms with E-state index in [2.05, 4.69) is 16.7 Å². The fourth-order valence-corrected chi connectivity index (χ4v) is 5.14. The quantitative estimate of drug-likeness (QED) is 0.533. The molecule has 154 valence electrons. The highest BCUT2D eigenvalue weighted by molar-refractivity contribution is 8.26. The molecule has 7 nitrogen and oxygen atoms in total. The van der Waals surface area contributed by atoms with Crippen LogP contribution in [0.25, 0.3) is 6.08 Å². The van der Waals surface area contributed by atoms with Gasteiger partial charge in [0.05, 0.1) is 4.91 Å². The number of piperazine rings is 1. The maximum atomic E-state index is 12.8. The van der Waals surface area contributed by atoms with Gasteiger partial charge in [-0.3, -0.25) is 19.1 Å². The number of carbonyl (C=O) groups excluding carboxylic acids is 1. The zero-order valence-corrected chi connectivity index (χ0v) is 18.8. The van der Waals surface area contributed by atoms with E-state index in [9.17, 15) is 14.9 Å². The number of carbonyl (C=O) groups is 1. The van der Waals surface area contributed by atoms with E-state index in [4.69, 9.17) is 12.2 Å². The molecule has 0 unspecified atom stereocenters. The molecular formula is C20H25N5O2S2. The van der Waals surface area contributed by atoms with E-state index in [-0.39, 0.29) is 17.0 Å². The number of nitriles is 1. The van der Waals surface area contributed by atoms with E-state index < -0.39 is 0 Å². The van der Waals surface area contributed by atoms with Gasteiger partial charge in [0.2, 0.25) is 0 Å². The number of hydrogen-bond donors (Lipinski definition) is 0. The summed E-state index contributed by atoms with van der Waals surface area (Å²) in [5, 5.41) is 9.55. The summed E-state index contributed by atoms with van der Waals surface area (Å²) in [6, 6.07) is 2.04. The minimum Gasteiger partial charge on any atom is -0.355 e.